The van der Waals surface area contributed by atoms with Crippen molar-refractivity contribution < 1.29 is 14.3 Å². The van der Waals surface area contributed by atoms with Crippen LogP contribution in [-0.2, 0) is 9.59 Å². The first-order valence-corrected chi connectivity index (χ1v) is 10.2. The average Bonchev–Trinajstić information content (AvgIpc) is 3.15. The van der Waals surface area contributed by atoms with Gasteiger partial charge in [-0.05, 0) is 29.8 Å². The van der Waals surface area contributed by atoms with Gasteiger partial charge in [0.05, 0.1) is 5.69 Å². The number of aromatic nitrogens is 2. The standard InChI is InChI=1S/C24H19ClN4O3/c25-24-19(29-15-7-6-12-21(29)26-24)13-14-22(30)27-28-23(31)16-32-20-11-5-4-10-18(20)17-8-2-1-3-9-17/h1-15H,16H2,(H,27,30)(H,28,31)/b14-13+. The summed E-state index contributed by atoms with van der Waals surface area (Å²) in [4.78, 5) is 28.4. The number of pyridine rings is 1. The van der Waals surface area contributed by atoms with Crippen LogP contribution in [0.3, 0.4) is 0 Å². The van der Waals surface area contributed by atoms with Crippen LogP contribution < -0.4 is 15.6 Å². The van der Waals surface area contributed by atoms with Crippen LogP contribution >= 0.6 is 11.6 Å². The van der Waals surface area contributed by atoms with Crippen LogP contribution in [0.4, 0.5) is 0 Å². The van der Waals surface area contributed by atoms with Crippen LogP contribution in [0.15, 0.2) is 85.1 Å². The predicted octanol–water partition coefficient (Wildman–Crippen LogP) is 3.89. The van der Waals surface area contributed by atoms with Gasteiger partial charge in [-0.3, -0.25) is 24.8 Å². The number of benzene rings is 2. The summed E-state index contributed by atoms with van der Waals surface area (Å²) >= 11 is 6.13. The molecular weight excluding hydrogens is 428 g/mol. The molecule has 0 atom stereocenters. The Hall–Kier alpha value is -4.10. The third kappa shape index (κ3) is 4.96. The zero-order valence-electron chi connectivity index (χ0n) is 16.9. The number of hydrogen-bond acceptors (Lipinski definition) is 4. The quantitative estimate of drug-likeness (QED) is 0.347. The van der Waals surface area contributed by atoms with Crippen molar-refractivity contribution in [2.75, 3.05) is 6.61 Å². The lowest BCUT2D eigenvalue weighted by Gasteiger charge is -2.12. The molecular formula is C24H19ClN4O3. The summed E-state index contributed by atoms with van der Waals surface area (Å²) < 4.78 is 7.41. The Bertz CT molecular complexity index is 1280. The maximum atomic E-state index is 12.1. The van der Waals surface area contributed by atoms with Crippen molar-refractivity contribution in [3.8, 4) is 16.9 Å². The van der Waals surface area contributed by atoms with E-state index in [2.05, 4.69) is 15.8 Å². The Kier molecular flexibility index (Phi) is 6.48. The van der Waals surface area contributed by atoms with Gasteiger partial charge < -0.3 is 4.74 Å². The van der Waals surface area contributed by atoms with E-state index in [9.17, 15) is 9.59 Å². The summed E-state index contributed by atoms with van der Waals surface area (Å²) in [6.07, 6.45) is 4.57. The number of hydrazine groups is 1. The van der Waals surface area contributed by atoms with Crippen LogP contribution in [0.5, 0.6) is 5.75 Å². The molecule has 160 valence electrons. The summed E-state index contributed by atoms with van der Waals surface area (Å²) in [6.45, 7) is -0.257. The molecule has 0 aliphatic rings. The van der Waals surface area contributed by atoms with Crippen molar-refractivity contribution in [2.24, 2.45) is 0 Å². The van der Waals surface area contributed by atoms with Crippen molar-refractivity contribution in [3.63, 3.8) is 0 Å². The molecule has 0 saturated heterocycles. The van der Waals surface area contributed by atoms with Gasteiger partial charge in [0.2, 0.25) is 0 Å². The number of fused-ring (bicyclic) bond motifs is 1. The van der Waals surface area contributed by atoms with Gasteiger partial charge in [-0.15, -0.1) is 0 Å². The minimum atomic E-state index is -0.523. The van der Waals surface area contributed by atoms with Crippen molar-refractivity contribution in [1.82, 2.24) is 20.2 Å². The molecule has 7 nitrogen and oxygen atoms in total. The molecule has 4 rings (SSSR count). The Morgan fingerprint density at radius 3 is 2.56 bits per heavy atom. The second kappa shape index (κ2) is 9.80. The van der Waals surface area contributed by atoms with Gasteiger partial charge >= 0.3 is 0 Å². The second-order valence-electron chi connectivity index (χ2n) is 6.74. The fraction of sp³-hybridized carbons (Fsp3) is 0.0417. The Balaban J connectivity index is 1.32. The summed E-state index contributed by atoms with van der Waals surface area (Å²) in [6, 6.07) is 22.6. The van der Waals surface area contributed by atoms with E-state index in [-0.39, 0.29) is 11.8 Å². The third-order valence-electron chi connectivity index (χ3n) is 4.57. The van der Waals surface area contributed by atoms with Gasteiger partial charge in [0, 0.05) is 17.8 Å². The van der Waals surface area contributed by atoms with Crippen LogP contribution in [0.25, 0.3) is 22.9 Å². The van der Waals surface area contributed by atoms with E-state index < -0.39 is 11.8 Å². The normalized spacial score (nSPS) is 10.9. The molecule has 0 spiro atoms. The predicted molar refractivity (Wildman–Crippen MR) is 123 cm³/mol. The fourth-order valence-electron chi connectivity index (χ4n) is 3.09. The molecule has 0 fully saturated rings. The summed E-state index contributed by atoms with van der Waals surface area (Å²) in [5.74, 6) is -0.449. The highest BCUT2D eigenvalue weighted by molar-refractivity contribution is 6.31. The Morgan fingerprint density at radius 1 is 0.969 bits per heavy atom. The number of rotatable bonds is 6. The van der Waals surface area contributed by atoms with Gasteiger partial charge in [-0.2, -0.15) is 0 Å². The van der Waals surface area contributed by atoms with Gasteiger partial charge in [0.15, 0.2) is 11.8 Å². The lowest BCUT2D eigenvalue weighted by Crippen LogP contribution is -2.43. The summed E-state index contributed by atoms with van der Waals surface area (Å²) in [5.41, 5.74) is 7.72. The van der Waals surface area contributed by atoms with E-state index >= 15 is 0 Å². The van der Waals surface area contributed by atoms with Crippen LogP contribution in [0, 0.1) is 0 Å². The molecule has 0 radical (unpaired) electrons. The molecule has 8 heteroatoms. The van der Waals surface area contributed by atoms with E-state index in [1.165, 1.54) is 12.2 Å². The number of ether oxygens (including phenoxy) is 1. The number of amides is 2. The SMILES string of the molecule is O=C(/C=C/c1c(Cl)nc2ccccn12)NNC(=O)COc1ccccc1-c1ccccc1. The van der Waals surface area contributed by atoms with Crippen LogP contribution in [-0.4, -0.2) is 27.8 Å². The molecule has 2 N–H and O–H groups in total. The highest BCUT2D eigenvalue weighted by Gasteiger charge is 2.10. The van der Waals surface area contributed by atoms with Gasteiger partial charge in [0.25, 0.3) is 11.8 Å². The second-order valence-corrected chi connectivity index (χ2v) is 7.10. The monoisotopic (exact) mass is 446 g/mol. The number of nitrogens with zero attached hydrogens (tertiary/aromatic N) is 2. The van der Waals surface area contributed by atoms with Gasteiger partial charge in [0.1, 0.15) is 11.4 Å². The maximum absolute atomic E-state index is 12.1. The Morgan fingerprint density at radius 2 is 1.72 bits per heavy atom. The van der Waals surface area contributed by atoms with Crippen LogP contribution in [0.1, 0.15) is 5.69 Å². The molecule has 0 aliphatic heterocycles. The van der Waals surface area contributed by atoms with Crippen molar-refractivity contribution in [2.45, 2.75) is 0 Å². The summed E-state index contributed by atoms with van der Waals surface area (Å²) in [7, 11) is 0. The molecule has 0 aliphatic carbocycles. The number of imidazole rings is 1. The number of hydrogen-bond donors (Lipinski definition) is 2. The third-order valence-corrected chi connectivity index (χ3v) is 4.85. The minimum absolute atomic E-state index is 0.257. The first-order chi connectivity index (χ1) is 15.6. The van der Waals surface area contributed by atoms with Crippen molar-refractivity contribution in [1.29, 1.82) is 0 Å². The highest BCUT2D eigenvalue weighted by Crippen LogP contribution is 2.29. The Labute approximate surface area is 189 Å². The number of halogens is 1. The lowest BCUT2D eigenvalue weighted by molar-refractivity contribution is -0.128. The molecule has 32 heavy (non-hydrogen) atoms. The highest BCUT2D eigenvalue weighted by atomic mass is 35.5. The number of para-hydroxylation sites is 1. The average molecular weight is 447 g/mol. The van der Waals surface area contributed by atoms with E-state index in [1.54, 1.807) is 22.7 Å². The molecule has 0 bridgehead atoms. The first kappa shape index (κ1) is 21.1. The molecule has 2 heterocycles. The largest absolute Gasteiger partial charge is 0.483 e. The van der Waals surface area contributed by atoms with E-state index in [1.807, 2.05) is 60.7 Å². The van der Waals surface area contributed by atoms with E-state index in [0.29, 0.717) is 17.1 Å². The molecule has 0 unspecified atom stereocenters. The van der Waals surface area contributed by atoms with Gasteiger partial charge in [-0.25, -0.2) is 4.98 Å². The topological polar surface area (TPSA) is 84.7 Å². The molecule has 2 amide bonds. The number of carbonyl (C=O) groups is 2. The molecule has 2 aromatic heterocycles. The van der Waals surface area contributed by atoms with E-state index in [4.69, 9.17) is 16.3 Å². The smallest absolute Gasteiger partial charge is 0.276 e. The number of nitrogens with one attached hydrogen (secondary N) is 2. The molecule has 4 aromatic rings. The van der Waals surface area contributed by atoms with Crippen molar-refractivity contribution >= 4 is 35.1 Å². The fourth-order valence-corrected chi connectivity index (χ4v) is 3.33. The lowest BCUT2D eigenvalue weighted by atomic mass is 10.1. The van der Waals surface area contributed by atoms with Crippen molar-refractivity contribution in [3.05, 3.63) is 95.9 Å². The molecule has 0 saturated carbocycles. The first-order valence-electron chi connectivity index (χ1n) is 9.78. The maximum Gasteiger partial charge on any atom is 0.276 e. The summed E-state index contributed by atoms with van der Waals surface area (Å²) in [5, 5.41) is 0.273. The van der Waals surface area contributed by atoms with Gasteiger partial charge in [-0.1, -0.05) is 66.2 Å². The van der Waals surface area contributed by atoms with Crippen LogP contribution in [0.2, 0.25) is 5.15 Å². The molecule has 2 aromatic carbocycles. The number of carbonyl (C=O) groups excluding carboxylic acids is 2. The minimum Gasteiger partial charge on any atom is -0.483 e. The van der Waals surface area contributed by atoms with E-state index in [0.717, 1.165) is 11.1 Å². The zero-order chi connectivity index (χ0) is 22.3. The zero-order valence-corrected chi connectivity index (χ0v) is 17.6.